The minimum absolute atomic E-state index is 0.146. The molecular formula is C13H15ClF3NO. The fourth-order valence-electron chi connectivity index (χ4n) is 1.80. The Morgan fingerprint density at radius 1 is 1.42 bits per heavy atom. The van der Waals surface area contributed by atoms with E-state index in [1.165, 1.54) is 13.0 Å². The van der Waals surface area contributed by atoms with E-state index in [0.29, 0.717) is 10.6 Å². The van der Waals surface area contributed by atoms with Crippen molar-refractivity contribution in [2.24, 2.45) is 0 Å². The summed E-state index contributed by atoms with van der Waals surface area (Å²) in [5, 5.41) is 0.386. The van der Waals surface area contributed by atoms with Crippen LogP contribution in [-0.2, 0) is 0 Å². The first-order chi connectivity index (χ1) is 8.74. The molecule has 1 unspecified atom stereocenters. The van der Waals surface area contributed by atoms with Crippen LogP contribution in [0.5, 0.6) is 0 Å². The van der Waals surface area contributed by atoms with E-state index in [1.54, 1.807) is 25.1 Å². The normalized spacial score (nSPS) is 13.6. The van der Waals surface area contributed by atoms with E-state index >= 15 is 0 Å². The first-order valence-electron chi connectivity index (χ1n) is 5.85. The Bertz CT molecular complexity index is 448. The number of alkyl halides is 3. The predicted octanol–water partition coefficient (Wildman–Crippen LogP) is 3.80. The van der Waals surface area contributed by atoms with E-state index in [4.69, 9.17) is 11.6 Å². The molecule has 1 aromatic rings. The van der Waals surface area contributed by atoms with Gasteiger partial charge in [0.1, 0.15) is 0 Å². The Morgan fingerprint density at radius 3 is 2.53 bits per heavy atom. The molecule has 0 N–H and O–H groups in total. The Balaban J connectivity index is 2.85. The number of ketones is 1. The highest BCUT2D eigenvalue weighted by Crippen LogP contribution is 2.20. The van der Waals surface area contributed by atoms with Crippen LogP contribution in [0, 0.1) is 0 Å². The quantitative estimate of drug-likeness (QED) is 0.770. The van der Waals surface area contributed by atoms with Gasteiger partial charge in [0.2, 0.25) is 0 Å². The van der Waals surface area contributed by atoms with Gasteiger partial charge in [0.25, 0.3) is 0 Å². The highest BCUT2D eigenvalue weighted by molar-refractivity contribution is 6.31. The number of halogens is 4. The van der Waals surface area contributed by atoms with Crippen LogP contribution in [-0.4, -0.2) is 36.0 Å². The molecule has 1 aromatic carbocycles. The SMILES string of the molecule is CCN(CC(F)(F)F)C(C)C(=O)c1cccc(Cl)c1. The second kappa shape index (κ2) is 6.39. The highest BCUT2D eigenvalue weighted by Gasteiger charge is 2.34. The van der Waals surface area contributed by atoms with E-state index in [1.807, 2.05) is 0 Å². The fourth-order valence-corrected chi connectivity index (χ4v) is 1.99. The van der Waals surface area contributed by atoms with Crippen molar-refractivity contribution in [2.75, 3.05) is 13.1 Å². The van der Waals surface area contributed by atoms with Crippen LogP contribution < -0.4 is 0 Å². The number of rotatable bonds is 5. The van der Waals surface area contributed by atoms with Crippen molar-refractivity contribution in [3.05, 3.63) is 34.9 Å². The lowest BCUT2D eigenvalue weighted by atomic mass is 10.0. The van der Waals surface area contributed by atoms with Crippen molar-refractivity contribution in [2.45, 2.75) is 26.1 Å². The lowest BCUT2D eigenvalue weighted by Gasteiger charge is -2.27. The average molecular weight is 294 g/mol. The van der Waals surface area contributed by atoms with Crippen molar-refractivity contribution in [1.29, 1.82) is 0 Å². The number of Topliss-reactive ketones (excluding diaryl/α,β-unsaturated/α-hetero) is 1. The molecule has 0 radical (unpaired) electrons. The third-order valence-corrected chi connectivity index (χ3v) is 3.06. The number of likely N-dealkylation sites (N-methyl/N-ethyl adjacent to an activating group) is 1. The molecule has 0 aliphatic carbocycles. The second-order valence-electron chi connectivity index (χ2n) is 4.23. The summed E-state index contributed by atoms with van der Waals surface area (Å²) in [4.78, 5) is 13.2. The topological polar surface area (TPSA) is 20.3 Å². The first-order valence-corrected chi connectivity index (χ1v) is 6.23. The van der Waals surface area contributed by atoms with Crippen LogP contribution in [0.3, 0.4) is 0 Å². The van der Waals surface area contributed by atoms with E-state index in [-0.39, 0.29) is 12.3 Å². The van der Waals surface area contributed by atoms with Crippen LogP contribution in [0.15, 0.2) is 24.3 Å². The fraction of sp³-hybridized carbons (Fsp3) is 0.462. The number of hydrogen-bond acceptors (Lipinski definition) is 2. The van der Waals surface area contributed by atoms with Gasteiger partial charge in [-0.3, -0.25) is 9.69 Å². The molecule has 6 heteroatoms. The van der Waals surface area contributed by atoms with Crippen molar-refractivity contribution in [3.8, 4) is 0 Å². The molecule has 0 aliphatic rings. The summed E-state index contributed by atoms with van der Waals surface area (Å²) < 4.78 is 37.2. The number of hydrogen-bond donors (Lipinski definition) is 0. The third kappa shape index (κ3) is 4.84. The second-order valence-corrected chi connectivity index (χ2v) is 4.67. The molecule has 0 aromatic heterocycles. The zero-order valence-electron chi connectivity index (χ0n) is 10.7. The Morgan fingerprint density at radius 2 is 2.05 bits per heavy atom. The van der Waals surface area contributed by atoms with Gasteiger partial charge in [0.05, 0.1) is 12.6 Å². The summed E-state index contributed by atoms with van der Waals surface area (Å²) in [6.45, 7) is 2.11. The maximum absolute atomic E-state index is 12.4. The summed E-state index contributed by atoms with van der Waals surface area (Å²) in [5.74, 6) is -0.367. The van der Waals surface area contributed by atoms with Crippen LogP contribution >= 0.6 is 11.6 Å². The molecule has 0 amide bonds. The predicted molar refractivity (Wildman–Crippen MR) is 68.5 cm³/mol. The van der Waals surface area contributed by atoms with Gasteiger partial charge in [0.15, 0.2) is 5.78 Å². The minimum Gasteiger partial charge on any atom is -0.292 e. The van der Waals surface area contributed by atoms with Crippen molar-refractivity contribution in [1.82, 2.24) is 4.90 Å². The summed E-state index contributed by atoms with van der Waals surface area (Å²) in [6.07, 6.45) is -4.32. The first kappa shape index (κ1) is 16.0. The molecule has 1 rings (SSSR count). The van der Waals surface area contributed by atoms with E-state index in [2.05, 4.69) is 0 Å². The van der Waals surface area contributed by atoms with Gasteiger partial charge in [-0.2, -0.15) is 13.2 Å². The van der Waals surface area contributed by atoms with Gasteiger partial charge in [-0.05, 0) is 25.6 Å². The van der Waals surface area contributed by atoms with Crippen LogP contribution in [0.2, 0.25) is 5.02 Å². The largest absolute Gasteiger partial charge is 0.401 e. The lowest BCUT2D eigenvalue weighted by Crippen LogP contribution is -2.44. The maximum Gasteiger partial charge on any atom is 0.401 e. The Kier molecular flexibility index (Phi) is 5.38. The summed E-state index contributed by atoms with van der Waals surface area (Å²) >= 11 is 5.77. The van der Waals surface area contributed by atoms with E-state index in [0.717, 1.165) is 4.90 Å². The average Bonchev–Trinajstić information content (AvgIpc) is 2.33. The minimum atomic E-state index is -4.32. The molecule has 0 saturated heterocycles. The molecule has 19 heavy (non-hydrogen) atoms. The highest BCUT2D eigenvalue weighted by atomic mass is 35.5. The van der Waals surface area contributed by atoms with Crippen LogP contribution in [0.1, 0.15) is 24.2 Å². The van der Waals surface area contributed by atoms with Gasteiger partial charge < -0.3 is 0 Å². The molecule has 0 bridgehead atoms. The van der Waals surface area contributed by atoms with Gasteiger partial charge in [-0.15, -0.1) is 0 Å². The molecule has 0 saturated carbocycles. The molecule has 1 atom stereocenters. The van der Waals surface area contributed by atoms with E-state index < -0.39 is 18.8 Å². The standard InChI is InChI=1S/C13H15ClF3NO/c1-3-18(8-13(15,16)17)9(2)12(19)10-5-4-6-11(14)7-10/h4-7,9H,3,8H2,1-2H3. The summed E-state index contributed by atoms with van der Waals surface area (Å²) in [5.41, 5.74) is 0.320. The molecule has 106 valence electrons. The molecular weight excluding hydrogens is 279 g/mol. The smallest absolute Gasteiger partial charge is 0.292 e. The Hall–Kier alpha value is -1.07. The lowest BCUT2D eigenvalue weighted by molar-refractivity contribution is -0.147. The number of carbonyl (C=O) groups is 1. The van der Waals surface area contributed by atoms with Crippen molar-refractivity contribution < 1.29 is 18.0 Å². The number of carbonyl (C=O) groups excluding carboxylic acids is 1. The molecule has 0 fully saturated rings. The number of benzene rings is 1. The van der Waals surface area contributed by atoms with Gasteiger partial charge in [0, 0.05) is 10.6 Å². The monoisotopic (exact) mass is 293 g/mol. The van der Waals surface area contributed by atoms with Crippen molar-refractivity contribution in [3.63, 3.8) is 0 Å². The molecule has 0 heterocycles. The summed E-state index contributed by atoms with van der Waals surface area (Å²) in [6, 6.07) is 5.37. The zero-order valence-corrected chi connectivity index (χ0v) is 11.4. The van der Waals surface area contributed by atoms with Gasteiger partial charge in [-0.25, -0.2) is 0 Å². The molecule has 0 spiro atoms. The summed E-state index contributed by atoms with van der Waals surface area (Å²) in [7, 11) is 0. The van der Waals surface area contributed by atoms with Gasteiger partial charge >= 0.3 is 6.18 Å². The van der Waals surface area contributed by atoms with E-state index in [9.17, 15) is 18.0 Å². The number of nitrogens with zero attached hydrogens (tertiary/aromatic N) is 1. The maximum atomic E-state index is 12.4. The zero-order chi connectivity index (χ0) is 14.6. The molecule has 0 aliphatic heterocycles. The van der Waals surface area contributed by atoms with Crippen LogP contribution in [0.4, 0.5) is 13.2 Å². The molecule has 2 nitrogen and oxygen atoms in total. The van der Waals surface area contributed by atoms with Crippen LogP contribution in [0.25, 0.3) is 0 Å². The van der Waals surface area contributed by atoms with Crippen molar-refractivity contribution >= 4 is 17.4 Å². The van der Waals surface area contributed by atoms with Gasteiger partial charge in [-0.1, -0.05) is 30.7 Å². The third-order valence-electron chi connectivity index (χ3n) is 2.82. The Labute approximate surface area is 115 Å².